The van der Waals surface area contributed by atoms with Crippen LogP contribution in [0, 0.1) is 0 Å². The standard InChI is InChI=1S/C26H36N2O2/c27-23-11-15-25(29,16-12-23)26(30)17-13-24(14-18-26)28(19-21-7-3-1-4-8-21)20-22-9-5-2-6-10-22/h1-10,23-24,29-30H,11-20,27H2. The first-order valence-electron chi connectivity index (χ1n) is 11.5. The Kier molecular flexibility index (Phi) is 6.59. The van der Waals surface area contributed by atoms with E-state index in [4.69, 9.17) is 5.73 Å². The fourth-order valence-corrected chi connectivity index (χ4v) is 5.44. The number of hydrogen-bond acceptors (Lipinski definition) is 4. The Morgan fingerprint density at radius 2 is 1.10 bits per heavy atom. The maximum absolute atomic E-state index is 11.4. The summed E-state index contributed by atoms with van der Waals surface area (Å²) in [6.45, 7) is 1.80. The zero-order valence-corrected chi connectivity index (χ0v) is 17.9. The maximum atomic E-state index is 11.4. The second-order valence-corrected chi connectivity index (χ2v) is 9.51. The Bertz CT molecular complexity index is 738. The Morgan fingerprint density at radius 3 is 1.53 bits per heavy atom. The van der Waals surface area contributed by atoms with Crippen molar-refractivity contribution in [3.63, 3.8) is 0 Å². The predicted octanol–water partition coefficient (Wildman–Crippen LogP) is 3.99. The highest BCUT2D eigenvalue weighted by Gasteiger charge is 2.51. The largest absolute Gasteiger partial charge is 0.387 e. The molecule has 2 aromatic carbocycles. The Morgan fingerprint density at radius 1 is 0.700 bits per heavy atom. The lowest BCUT2D eigenvalue weighted by Gasteiger charge is -2.51. The van der Waals surface area contributed by atoms with Gasteiger partial charge in [-0.3, -0.25) is 4.90 Å². The van der Waals surface area contributed by atoms with Crippen LogP contribution in [0.3, 0.4) is 0 Å². The number of aliphatic hydroxyl groups is 2. The lowest BCUT2D eigenvalue weighted by Crippen LogP contribution is -2.59. The molecule has 4 rings (SSSR count). The van der Waals surface area contributed by atoms with Crippen molar-refractivity contribution < 1.29 is 10.2 Å². The predicted molar refractivity (Wildman–Crippen MR) is 121 cm³/mol. The molecule has 0 aromatic heterocycles. The van der Waals surface area contributed by atoms with E-state index in [1.54, 1.807) is 0 Å². The van der Waals surface area contributed by atoms with Crippen LogP contribution in [0.15, 0.2) is 60.7 Å². The van der Waals surface area contributed by atoms with E-state index in [9.17, 15) is 10.2 Å². The summed E-state index contributed by atoms with van der Waals surface area (Å²) in [6, 6.07) is 21.8. The van der Waals surface area contributed by atoms with Gasteiger partial charge in [0.15, 0.2) is 0 Å². The molecular formula is C26H36N2O2. The molecule has 2 aliphatic carbocycles. The SMILES string of the molecule is NC1CCC(O)(C2(O)CCC(N(Cc3ccccc3)Cc3ccccc3)CC2)CC1. The summed E-state index contributed by atoms with van der Waals surface area (Å²) >= 11 is 0. The van der Waals surface area contributed by atoms with Crippen LogP contribution in [-0.4, -0.2) is 38.4 Å². The summed E-state index contributed by atoms with van der Waals surface area (Å²) in [7, 11) is 0. The lowest BCUT2D eigenvalue weighted by molar-refractivity contribution is -0.189. The first-order valence-corrected chi connectivity index (χ1v) is 11.5. The molecular weight excluding hydrogens is 372 g/mol. The lowest BCUT2D eigenvalue weighted by atomic mass is 9.65. The minimum Gasteiger partial charge on any atom is -0.387 e. The Labute approximate surface area is 180 Å². The molecule has 30 heavy (non-hydrogen) atoms. The van der Waals surface area contributed by atoms with E-state index in [0.29, 0.717) is 31.7 Å². The highest BCUT2D eigenvalue weighted by molar-refractivity contribution is 5.18. The highest BCUT2D eigenvalue weighted by Crippen LogP contribution is 2.45. The monoisotopic (exact) mass is 408 g/mol. The highest BCUT2D eigenvalue weighted by atomic mass is 16.4. The van der Waals surface area contributed by atoms with Gasteiger partial charge in [0.1, 0.15) is 0 Å². The maximum Gasteiger partial charge on any atom is 0.0934 e. The molecule has 2 saturated carbocycles. The number of benzene rings is 2. The number of hydrogen-bond donors (Lipinski definition) is 3. The van der Waals surface area contributed by atoms with Crippen molar-refractivity contribution in [3.8, 4) is 0 Å². The molecule has 4 heteroatoms. The number of nitrogens with zero attached hydrogens (tertiary/aromatic N) is 1. The molecule has 4 N–H and O–H groups in total. The van der Waals surface area contributed by atoms with Gasteiger partial charge in [0.2, 0.25) is 0 Å². The second-order valence-electron chi connectivity index (χ2n) is 9.51. The summed E-state index contributed by atoms with van der Waals surface area (Å²) < 4.78 is 0. The average Bonchev–Trinajstić information content (AvgIpc) is 2.77. The van der Waals surface area contributed by atoms with Gasteiger partial charge >= 0.3 is 0 Å². The molecule has 4 nitrogen and oxygen atoms in total. The van der Waals surface area contributed by atoms with Crippen LogP contribution >= 0.6 is 0 Å². The van der Waals surface area contributed by atoms with Crippen molar-refractivity contribution >= 4 is 0 Å². The third kappa shape index (κ3) is 4.78. The van der Waals surface area contributed by atoms with Gasteiger partial charge in [-0.05, 0) is 62.5 Å². The van der Waals surface area contributed by atoms with E-state index >= 15 is 0 Å². The van der Waals surface area contributed by atoms with Gasteiger partial charge in [-0.15, -0.1) is 0 Å². The smallest absolute Gasteiger partial charge is 0.0934 e. The molecule has 0 bridgehead atoms. The van der Waals surface area contributed by atoms with Crippen molar-refractivity contribution in [1.29, 1.82) is 0 Å². The minimum atomic E-state index is -0.977. The number of rotatable bonds is 6. The van der Waals surface area contributed by atoms with Gasteiger partial charge in [0.25, 0.3) is 0 Å². The van der Waals surface area contributed by atoms with E-state index in [2.05, 4.69) is 65.6 Å². The topological polar surface area (TPSA) is 69.7 Å². The third-order valence-electron chi connectivity index (χ3n) is 7.48. The van der Waals surface area contributed by atoms with Crippen LogP contribution < -0.4 is 5.73 Å². The zero-order chi connectivity index (χ0) is 21.0. The molecule has 0 unspecified atom stereocenters. The summed E-state index contributed by atoms with van der Waals surface area (Å²) in [5, 5.41) is 22.7. The van der Waals surface area contributed by atoms with Crippen LogP contribution in [-0.2, 0) is 13.1 Å². The van der Waals surface area contributed by atoms with Crippen molar-refractivity contribution in [2.45, 2.75) is 87.7 Å². The molecule has 2 aliphatic rings. The molecule has 0 heterocycles. The van der Waals surface area contributed by atoms with Gasteiger partial charge in [-0.1, -0.05) is 60.7 Å². The fraction of sp³-hybridized carbons (Fsp3) is 0.538. The molecule has 2 fully saturated rings. The van der Waals surface area contributed by atoms with Gasteiger partial charge in [0, 0.05) is 25.2 Å². The zero-order valence-electron chi connectivity index (χ0n) is 17.9. The van der Waals surface area contributed by atoms with E-state index in [1.807, 2.05) is 0 Å². The molecule has 0 saturated heterocycles. The van der Waals surface area contributed by atoms with Gasteiger partial charge in [-0.25, -0.2) is 0 Å². The van der Waals surface area contributed by atoms with Crippen LogP contribution in [0.4, 0.5) is 0 Å². The first-order chi connectivity index (χ1) is 14.5. The summed E-state index contributed by atoms with van der Waals surface area (Å²) in [5.74, 6) is 0. The molecule has 162 valence electrons. The van der Waals surface area contributed by atoms with E-state index in [0.717, 1.165) is 38.8 Å². The van der Waals surface area contributed by atoms with Crippen LogP contribution in [0.25, 0.3) is 0 Å². The van der Waals surface area contributed by atoms with Crippen LogP contribution in [0.2, 0.25) is 0 Å². The van der Waals surface area contributed by atoms with Crippen LogP contribution in [0.5, 0.6) is 0 Å². The molecule has 0 atom stereocenters. The summed E-state index contributed by atoms with van der Waals surface area (Å²) in [6.07, 6.45) is 5.97. The molecule has 0 amide bonds. The first kappa shape index (κ1) is 21.5. The molecule has 0 aliphatic heterocycles. The third-order valence-corrected chi connectivity index (χ3v) is 7.48. The van der Waals surface area contributed by atoms with E-state index < -0.39 is 11.2 Å². The average molecular weight is 409 g/mol. The Hall–Kier alpha value is -1.72. The van der Waals surface area contributed by atoms with Crippen molar-refractivity contribution in [2.75, 3.05) is 0 Å². The van der Waals surface area contributed by atoms with E-state index in [1.165, 1.54) is 11.1 Å². The quantitative estimate of drug-likeness (QED) is 0.676. The second kappa shape index (κ2) is 9.19. The van der Waals surface area contributed by atoms with Crippen molar-refractivity contribution in [2.24, 2.45) is 5.73 Å². The minimum absolute atomic E-state index is 0.164. The summed E-state index contributed by atoms with van der Waals surface area (Å²) in [5.41, 5.74) is 6.71. The van der Waals surface area contributed by atoms with Gasteiger partial charge < -0.3 is 15.9 Å². The van der Waals surface area contributed by atoms with Crippen molar-refractivity contribution in [1.82, 2.24) is 4.90 Å². The van der Waals surface area contributed by atoms with Crippen molar-refractivity contribution in [3.05, 3.63) is 71.8 Å². The molecule has 0 radical (unpaired) electrons. The number of nitrogens with two attached hydrogens (primary N) is 1. The normalized spacial score (nSPS) is 32.3. The molecule has 2 aromatic rings. The van der Waals surface area contributed by atoms with E-state index in [-0.39, 0.29) is 6.04 Å². The van der Waals surface area contributed by atoms with Gasteiger partial charge in [0.05, 0.1) is 11.2 Å². The van der Waals surface area contributed by atoms with Gasteiger partial charge in [-0.2, -0.15) is 0 Å². The fourth-order valence-electron chi connectivity index (χ4n) is 5.44. The molecule has 0 spiro atoms. The Balaban J connectivity index is 1.46. The summed E-state index contributed by atoms with van der Waals surface area (Å²) in [4.78, 5) is 2.55. The van der Waals surface area contributed by atoms with Crippen LogP contribution in [0.1, 0.15) is 62.5 Å².